The Labute approximate surface area is 78.1 Å². The topological polar surface area (TPSA) is 3.24 Å². The Hall–Kier alpha value is -0.180. The highest BCUT2D eigenvalue weighted by Gasteiger charge is 2.41. The maximum Gasteiger partial charge on any atom is 0.248 e. The number of hydrogen-bond donors (Lipinski definition) is 0. The van der Waals surface area contributed by atoms with E-state index in [1.54, 1.807) is 0 Å². The van der Waals surface area contributed by atoms with Gasteiger partial charge in [-0.2, -0.15) is 0 Å². The monoisotopic (exact) mass is 189 g/mol. The highest BCUT2D eigenvalue weighted by atomic mass is 19.3. The van der Waals surface area contributed by atoms with E-state index in [1.807, 2.05) is 0 Å². The molecule has 1 nitrogen and oxygen atoms in total. The molecule has 1 saturated heterocycles. The van der Waals surface area contributed by atoms with Crippen LogP contribution in [0.25, 0.3) is 0 Å². The second-order valence-corrected chi connectivity index (χ2v) is 4.69. The molecule has 1 saturated carbocycles. The van der Waals surface area contributed by atoms with E-state index < -0.39 is 5.92 Å². The lowest BCUT2D eigenvalue weighted by molar-refractivity contribution is -0.0765. The normalized spacial score (nSPS) is 35.8. The molecule has 2 fully saturated rings. The Morgan fingerprint density at radius 1 is 1.23 bits per heavy atom. The average molecular weight is 189 g/mol. The summed E-state index contributed by atoms with van der Waals surface area (Å²) in [6.45, 7) is 2.06. The number of alkyl halides is 2. The summed E-state index contributed by atoms with van der Waals surface area (Å²) in [6.07, 6.45) is 2.00. The first-order valence-corrected chi connectivity index (χ1v) is 5.13. The van der Waals surface area contributed by atoms with Gasteiger partial charge in [0.2, 0.25) is 5.92 Å². The van der Waals surface area contributed by atoms with Gasteiger partial charge in [0.25, 0.3) is 0 Å². The van der Waals surface area contributed by atoms with Gasteiger partial charge in [-0.05, 0) is 31.7 Å². The highest BCUT2D eigenvalue weighted by Crippen LogP contribution is 2.41. The van der Waals surface area contributed by atoms with Crippen LogP contribution in [0, 0.1) is 11.8 Å². The SMILES string of the molecule is CN1CC(C2CCCC(F)(F)C2)C1. The van der Waals surface area contributed by atoms with Crippen molar-refractivity contribution in [2.75, 3.05) is 20.1 Å². The molecule has 76 valence electrons. The lowest BCUT2D eigenvalue weighted by atomic mass is 9.75. The number of likely N-dealkylation sites (tertiary alicyclic amines) is 1. The second-order valence-electron chi connectivity index (χ2n) is 4.69. The molecule has 0 aromatic rings. The lowest BCUT2D eigenvalue weighted by Gasteiger charge is -2.44. The second kappa shape index (κ2) is 3.19. The van der Waals surface area contributed by atoms with Crippen LogP contribution < -0.4 is 0 Å². The molecule has 1 atom stereocenters. The van der Waals surface area contributed by atoms with Gasteiger partial charge in [-0.25, -0.2) is 8.78 Å². The Morgan fingerprint density at radius 3 is 2.46 bits per heavy atom. The van der Waals surface area contributed by atoms with Gasteiger partial charge >= 0.3 is 0 Å². The quantitative estimate of drug-likeness (QED) is 0.612. The first kappa shape index (κ1) is 9.38. The van der Waals surface area contributed by atoms with Crippen LogP contribution >= 0.6 is 0 Å². The zero-order valence-electron chi connectivity index (χ0n) is 8.10. The van der Waals surface area contributed by atoms with Crippen LogP contribution in [0.2, 0.25) is 0 Å². The molecule has 2 aliphatic rings. The minimum atomic E-state index is -2.36. The molecule has 0 N–H and O–H groups in total. The fourth-order valence-corrected chi connectivity index (χ4v) is 2.66. The minimum absolute atomic E-state index is 0.117. The van der Waals surface area contributed by atoms with Crippen molar-refractivity contribution >= 4 is 0 Å². The molecular weight excluding hydrogens is 172 g/mol. The number of rotatable bonds is 1. The van der Waals surface area contributed by atoms with E-state index in [-0.39, 0.29) is 12.8 Å². The summed E-state index contributed by atoms with van der Waals surface area (Å²) in [7, 11) is 2.05. The molecule has 0 aromatic heterocycles. The van der Waals surface area contributed by atoms with E-state index in [1.165, 1.54) is 0 Å². The molecule has 3 heteroatoms. The molecule has 0 spiro atoms. The average Bonchev–Trinajstić information content (AvgIpc) is 1.97. The molecule has 0 bridgehead atoms. The van der Waals surface area contributed by atoms with Crippen LogP contribution in [-0.2, 0) is 0 Å². The Bertz CT molecular complexity index is 187. The third-order valence-electron chi connectivity index (χ3n) is 3.44. The lowest BCUT2D eigenvalue weighted by Crippen LogP contribution is -2.49. The van der Waals surface area contributed by atoms with Crippen LogP contribution in [0.5, 0.6) is 0 Å². The van der Waals surface area contributed by atoms with Crippen molar-refractivity contribution < 1.29 is 8.78 Å². The summed E-state index contributed by atoms with van der Waals surface area (Å²) in [5.41, 5.74) is 0. The molecule has 2 rings (SSSR count). The summed E-state index contributed by atoms with van der Waals surface area (Å²) in [5.74, 6) is -1.52. The van der Waals surface area contributed by atoms with E-state index in [4.69, 9.17) is 0 Å². The first-order chi connectivity index (χ1) is 6.07. The molecule has 13 heavy (non-hydrogen) atoms. The van der Waals surface area contributed by atoms with E-state index in [0.717, 1.165) is 25.9 Å². The van der Waals surface area contributed by atoms with Crippen LogP contribution in [0.4, 0.5) is 8.78 Å². The van der Waals surface area contributed by atoms with E-state index in [9.17, 15) is 8.78 Å². The van der Waals surface area contributed by atoms with Gasteiger partial charge in [0.05, 0.1) is 0 Å². The van der Waals surface area contributed by atoms with Crippen LogP contribution in [0.3, 0.4) is 0 Å². The van der Waals surface area contributed by atoms with Crippen molar-refractivity contribution in [1.29, 1.82) is 0 Å². The summed E-state index contributed by atoms with van der Waals surface area (Å²) < 4.78 is 26.1. The molecule has 1 aliphatic heterocycles. The first-order valence-electron chi connectivity index (χ1n) is 5.13. The summed E-state index contributed by atoms with van der Waals surface area (Å²) >= 11 is 0. The Balaban J connectivity index is 1.86. The minimum Gasteiger partial charge on any atom is -0.306 e. The van der Waals surface area contributed by atoms with Gasteiger partial charge in [0, 0.05) is 25.9 Å². The van der Waals surface area contributed by atoms with Gasteiger partial charge in [-0.15, -0.1) is 0 Å². The van der Waals surface area contributed by atoms with Crippen molar-refractivity contribution in [3.63, 3.8) is 0 Å². The van der Waals surface area contributed by atoms with E-state index in [0.29, 0.717) is 11.8 Å². The molecule has 0 radical (unpaired) electrons. The maximum atomic E-state index is 13.1. The van der Waals surface area contributed by atoms with Crippen molar-refractivity contribution in [3.05, 3.63) is 0 Å². The zero-order chi connectivity index (χ0) is 9.47. The molecular formula is C10H17F2N. The number of halogens is 2. The molecule has 0 amide bonds. The van der Waals surface area contributed by atoms with Crippen molar-refractivity contribution in [2.45, 2.75) is 31.6 Å². The Kier molecular flexibility index (Phi) is 2.30. The number of nitrogens with zero attached hydrogens (tertiary/aromatic N) is 1. The van der Waals surface area contributed by atoms with Crippen molar-refractivity contribution in [3.8, 4) is 0 Å². The smallest absolute Gasteiger partial charge is 0.248 e. The van der Waals surface area contributed by atoms with Gasteiger partial charge in [0.1, 0.15) is 0 Å². The van der Waals surface area contributed by atoms with E-state index in [2.05, 4.69) is 11.9 Å². The summed E-state index contributed by atoms with van der Waals surface area (Å²) in [4.78, 5) is 2.21. The van der Waals surface area contributed by atoms with Gasteiger partial charge in [-0.1, -0.05) is 0 Å². The largest absolute Gasteiger partial charge is 0.306 e. The van der Waals surface area contributed by atoms with Crippen LogP contribution in [0.15, 0.2) is 0 Å². The van der Waals surface area contributed by atoms with E-state index >= 15 is 0 Å². The zero-order valence-corrected chi connectivity index (χ0v) is 8.10. The molecule has 1 unspecified atom stereocenters. The van der Waals surface area contributed by atoms with Gasteiger partial charge < -0.3 is 4.90 Å². The third kappa shape index (κ3) is 2.01. The summed E-state index contributed by atoms with van der Waals surface area (Å²) in [6, 6.07) is 0. The Morgan fingerprint density at radius 2 is 1.92 bits per heavy atom. The third-order valence-corrected chi connectivity index (χ3v) is 3.44. The predicted molar refractivity (Wildman–Crippen MR) is 47.9 cm³/mol. The van der Waals surface area contributed by atoms with Crippen LogP contribution in [0.1, 0.15) is 25.7 Å². The maximum absolute atomic E-state index is 13.1. The fraction of sp³-hybridized carbons (Fsp3) is 1.00. The molecule has 1 aliphatic carbocycles. The number of hydrogen-bond acceptors (Lipinski definition) is 1. The molecule has 1 heterocycles. The van der Waals surface area contributed by atoms with Gasteiger partial charge in [-0.3, -0.25) is 0 Å². The van der Waals surface area contributed by atoms with Crippen molar-refractivity contribution in [2.24, 2.45) is 11.8 Å². The highest BCUT2D eigenvalue weighted by molar-refractivity contribution is 4.88. The molecule has 0 aromatic carbocycles. The summed E-state index contributed by atoms with van der Waals surface area (Å²) in [5, 5.41) is 0. The van der Waals surface area contributed by atoms with Gasteiger partial charge in [0.15, 0.2) is 0 Å². The predicted octanol–water partition coefficient (Wildman–Crippen LogP) is 2.37. The fourth-order valence-electron chi connectivity index (χ4n) is 2.66. The van der Waals surface area contributed by atoms with Crippen molar-refractivity contribution in [1.82, 2.24) is 4.90 Å². The standard InChI is InChI=1S/C10H17F2N/c1-13-6-9(7-13)8-3-2-4-10(11,12)5-8/h8-9H,2-7H2,1H3. The van der Waals surface area contributed by atoms with Crippen LogP contribution in [-0.4, -0.2) is 31.0 Å².